The van der Waals surface area contributed by atoms with Crippen LogP contribution in [-0.4, -0.2) is 0 Å². The van der Waals surface area contributed by atoms with Crippen molar-refractivity contribution in [1.82, 2.24) is 0 Å². The normalized spacial score (nSPS) is 10.9. The van der Waals surface area contributed by atoms with E-state index in [1.807, 2.05) is 6.07 Å². The Morgan fingerprint density at radius 2 is 2.23 bits per heavy atom. The highest BCUT2D eigenvalue weighted by molar-refractivity contribution is 14.1. The summed E-state index contributed by atoms with van der Waals surface area (Å²) in [6.45, 7) is 0. The number of nitrogens with two attached hydrogens (primary N) is 1. The summed E-state index contributed by atoms with van der Waals surface area (Å²) in [7, 11) is 0. The van der Waals surface area contributed by atoms with E-state index < -0.39 is 0 Å². The third kappa shape index (κ3) is 1.71. The molecule has 0 radical (unpaired) electrons. The fourth-order valence-corrected chi connectivity index (χ4v) is 3.67. The zero-order valence-corrected chi connectivity index (χ0v) is 11.2. The van der Waals surface area contributed by atoms with Gasteiger partial charge in [0.25, 0.3) is 0 Å². The highest BCUT2D eigenvalue weighted by atomic mass is 127. The van der Waals surface area contributed by atoms with E-state index in [1.165, 1.54) is 19.2 Å². The maximum Gasteiger partial charge on any atom is 0.0869 e. The number of nitrogen functional groups attached to an aromatic ring is 1. The third-order valence-electron chi connectivity index (χ3n) is 1.87. The van der Waals surface area contributed by atoms with Crippen LogP contribution in [0.2, 0.25) is 0 Å². The Balaban J connectivity index is 2.83. The Hall–Kier alpha value is 0.190. The summed E-state index contributed by atoms with van der Waals surface area (Å²) in [6, 6.07) is 6.33. The average Bonchev–Trinajstić information content (AvgIpc) is 2.48. The number of halogens is 2. The monoisotopic (exact) mass is 367 g/mol. The first-order chi connectivity index (χ1) is 6.22. The second kappa shape index (κ2) is 3.74. The summed E-state index contributed by atoms with van der Waals surface area (Å²) in [5.41, 5.74) is 7.10. The van der Waals surface area contributed by atoms with Crippen LogP contribution in [0, 0.1) is 3.57 Å². The van der Waals surface area contributed by atoms with E-state index in [0.717, 1.165) is 10.3 Å². The summed E-state index contributed by atoms with van der Waals surface area (Å²) < 4.78 is 2.58. The van der Waals surface area contributed by atoms with Crippen LogP contribution in [0.25, 0.3) is 10.1 Å². The molecular formula is C9H7BrINS. The fraction of sp³-hybridized carbons (Fsp3) is 0.111. The van der Waals surface area contributed by atoms with Gasteiger partial charge < -0.3 is 5.73 Å². The highest BCUT2D eigenvalue weighted by Gasteiger charge is 2.06. The zero-order valence-electron chi connectivity index (χ0n) is 6.68. The molecule has 68 valence electrons. The van der Waals surface area contributed by atoms with Gasteiger partial charge in [-0.05, 0) is 40.3 Å². The minimum atomic E-state index is 0.889. The molecule has 0 aliphatic heterocycles. The van der Waals surface area contributed by atoms with Crippen LogP contribution in [0.3, 0.4) is 0 Å². The number of hydrogen-bond acceptors (Lipinski definition) is 2. The molecule has 2 aromatic rings. The van der Waals surface area contributed by atoms with E-state index in [1.54, 1.807) is 11.3 Å². The molecular weight excluding hydrogens is 361 g/mol. The van der Waals surface area contributed by atoms with Crippen molar-refractivity contribution in [2.45, 2.75) is 5.33 Å². The minimum Gasteiger partial charge on any atom is -0.391 e. The van der Waals surface area contributed by atoms with Gasteiger partial charge in [0.15, 0.2) is 0 Å². The Bertz CT molecular complexity index is 452. The molecule has 0 aliphatic carbocycles. The lowest BCUT2D eigenvalue weighted by Crippen LogP contribution is -1.79. The van der Waals surface area contributed by atoms with Crippen LogP contribution in [0.5, 0.6) is 0 Å². The molecule has 1 aromatic heterocycles. The van der Waals surface area contributed by atoms with Gasteiger partial charge in [-0.1, -0.05) is 22.0 Å². The van der Waals surface area contributed by atoms with Crippen molar-refractivity contribution >= 4 is 64.9 Å². The van der Waals surface area contributed by atoms with E-state index in [2.05, 4.69) is 50.7 Å². The average molecular weight is 368 g/mol. The molecule has 1 aromatic carbocycles. The van der Waals surface area contributed by atoms with Crippen molar-refractivity contribution in [2.24, 2.45) is 0 Å². The van der Waals surface area contributed by atoms with Crippen LogP contribution in [0.15, 0.2) is 18.2 Å². The van der Waals surface area contributed by atoms with Crippen LogP contribution < -0.4 is 5.73 Å². The van der Waals surface area contributed by atoms with Gasteiger partial charge in [0.05, 0.1) is 5.00 Å². The molecule has 0 atom stereocenters. The first-order valence-corrected chi connectivity index (χ1v) is 6.76. The molecule has 2 rings (SSSR count). The number of rotatable bonds is 1. The quantitative estimate of drug-likeness (QED) is 0.598. The van der Waals surface area contributed by atoms with Gasteiger partial charge in [0, 0.05) is 19.0 Å². The Labute approximate surface area is 103 Å². The summed E-state index contributed by atoms with van der Waals surface area (Å²) in [5.74, 6) is 0. The molecule has 1 heterocycles. The largest absolute Gasteiger partial charge is 0.391 e. The first-order valence-electron chi connectivity index (χ1n) is 3.74. The van der Waals surface area contributed by atoms with Crippen molar-refractivity contribution in [1.29, 1.82) is 0 Å². The molecule has 0 unspecified atom stereocenters. The Kier molecular flexibility index (Phi) is 2.80. The van der Waals surface area contributed by atoms with Gasteiger partial charge >= 0.3 is 0 Å². The predicted octanol–water partition coefficient (Wildman–Crippen LogP) is 3.98. The molecule has 0 saturated heterocycles. The number of benzene rings is 1. The summed E-state index contributed by atoms with van der Waals surface area (Å²) in [6.07, 6.45) is 0. The second-order valence-electron chi connectivity index (χ2n) is 2.73. The molecule has 13 heavy (non-hydrogen) atoms. The van der Waals surface area contributed by atoms with Crippen molar-refractivity contribution in [3.05, 3.63) is 27.3 Å². The van der Waals surface area contributed by atoms with Crippen LogP contribution in [-0.2, 0) is 5.33 Å². The number of fused-ring (bicyclic) bond motifs is 1. The molecule has 0 fully saturated rings. The molecule has 0 amide bonds. The van der Waals surface area contributed by atoms with Crippen molar-refractivity contribution in [3.63, 3.8) is 0 Å². The number of hydrogen-bond donors (Lipinski definition) is 1. The van der Waals surface area contributed by atoms with Crippen LogP contribution >= 0.6 is 49.9 Å². The fourth-order valence-electron chi connectivity index (χ4n) is 1.27. The molecule has 0 saturated carbocycles. The maximum absolute atomic E-state index is 5.78. The van der Waals surface area contributed by atoms with E-state index in [4.69, 9.17) is 5.73 Å². The molecule has 1 nitrogen and oxygen atoms in total. The van der Waals surface area contributed by atoms with Crippen LogP contribution in [0.1, 0.15) is 5.56 Å². The van der Waals surface area contributed by atoms with E-state index >= 15 is 0 Å². The predicted molar refractivity (Wildman–Crippen MR) is 71.6 cm³/mol. The Morgan fingerprint density at radius 1 is 1.46 bits per heavy atom. The lowest BCUT2D eigenvalue weighted by Gasteiger charge is -1.99. The lowest BCUT2D eigenvalue weighted by molar-refractivity contribution is 1.50. The van der Waals surface area contributed by atoms with Gasteiger partial charge in [0.2, 0.25) is 0 Å². The number of thiophene rings is 1. The standard InChI is InChI=1S/C9H7BrINS/c10-4-5-1-2-7(11)6-3-8(12)13-9(5)6/h1-3H,4,12H2. The summed E-state index contributed by atoms with van der Waals surface area (Å²) in [5, 5.41) is 3.06. The SMILES string of the molecule is Nc1cc2c(I)ccc(CBr)c2s1. The van der Waals surface area contributed by atoms with Gasteiger partial charge in [-0.3, -0.25) is 0 Å². The van der Waals surface area contributed by atoms with E-state index in [-0.39, 0.29) is 0 Å². The van der Waals surface area contributed by atoms with Crippen molar-refractivity contribution < 1.29 is 0 Å². The first kappa shape index (κ1) is 9.73. The van der Waals surface area contributed by atoms with Gasteiger partial charge in [-0.2, -0.15) is 0 Å². The molecule has 0 aliphatic rings. The van der Waals surface area contributed by atoms with Crippen LogP contribution in [0.4, 0.5) is 5.00 Å². The van der Waals surface area contributed by atoms with E-state index in [0.29, 0.717) is 0 Å². The van der Waals surface area contributed by atoms with Crippen molar-refractivity contribution in [3.8, 4) is 0 Å². The molecule has 4 heteroatoms. The second-order valence-corrected chi connectivity index (χ2v) is 5.54. The van der Waals surface area contributed by atoms with Gasteiger partial charge in [0.1, 0.15) is 0 Å². The molecule has 2 N–H and O–H groups in total. The number of alkyl halides is 1. The maximum atomic E-state index is 5.78. The minimum absolute atomic E-state index is 0.889. The molecule has 0 spiro atoms. The Morgan fingerprint density at radius 3 is 2.92 bits per heavy atom. The zero-order chi connectivity index (χ0) is 9.42. The number of anilines is 1. The highest BCUT2D eigenvalue weighted by Crippen LogP contribution is 2.34. The topological polar surface area (TPSA) is 26.0 Å². The smallest absolute Gasteiger partial charge is 0.0869 e. The van der Waals surface area contributed by atoms with Crippen molar-refractivity contribution in [2.75, 3.05) is 5.73 Å². The molecule has 0 bridgehead atoms. The van der Waals surface area contributed by atoms with Gasteiger partial charge in [-0.25, -0.2) is 0 Å². The van der Waals surface area contributed by atoms with E-state index in [9.17, 15) is 0 Å². The lowest BCUT2D eigenvalue weighted by atomic mass is 10.2. The van der Waals surface area contributed by atoms with Gasteiger partial charge in [-0.15, -0.1) is 11.3 Å². The summed E-state index contributed by atoms with van der Waals surface area (Å²) >= 11 is 7.48. The summed E-state index contributed by atoms with van der Waals surface area (Å²) in [4.78, 5) is 0. The third-order valence-corrected chi connectivity index (χ3v) is 4.46.